The number of benzene rings is 6. The van der Waals surface area contributed by atoms with Crippen molar-refractivity contribution in [1.82, 2.24) is 0 Å². The number of nitrogens with two attached hydrogens (primary N) is 1. The zero-order valence-electron chi connectivity index (χ0n) is 21.3. The average Bonchev–Trinajstić information content (AvgIpc) is 3.30. The van der Waals surface area contributed by atoms with E-state index >= 15 is 0 Å². The molecule has 182 valence electrons. The van der Waals surface area contributed by atoms with Crippen molar-refractivity contribution < 1.29 is 0 Å². The minimum atomic E-state index is -0.0747. The molecule has 2 N–H and O–H groups in total. The molecule has 2 nitrogen and oxygen atoms in total. The predicted molar refractivity (Wildman–Crippen MR) is 161 cm³/mol. The van der Waals surface area contributed by atoms with Crippen LogP contribution in [0, 0.1) is 0 Å². The number of anilines is 3. The number of hydrogen-bond donors (Lipinski definition) is 1. The molecule has 0 fully saturated rings. The lowest BCUT2D eigenvalue weighted by Gasteiger charge is -2.28. The molecule has 38 heavy (non-hydrogen) atoms. The van der Waals surface area contributed by atoms with Gasteiger partial charge in [0.2, 0.25) is 0 Å². The van der Waals surface area contributed by atoms with Crippen molar-refractivity contribution in [2.24, 2.45) is 5.73 Å². The Hall–Kier alpha value is -4.66. The molecule has 0 saturated heterocycles. The van der Waals surface area contributed by atoms with Crippen molar-refractivity contribution in [3.8, 4) is 33.4 Å². The first-order valence-corrected chi connectivity index (χ1v) is 13.2. The Morgan fingerprint density at radius 2 is 1.08 bits per heavy atom. The van der Waals surface area contributed by atoms with Crippen LogP contribution in [0.2, 0.25) is 0 Å². The summed E-state index contributed by atoms with van der Waals surface area (Å²) >= 11 is 0. The van der Waals surface area contributed by atoms with Gasteiger partial charge in [0.1, 0.15) is 0 Å². The van der Waals surface area contributed by atoms with Gasteiger partial charge in [-0.2, -0.15) is 0 Å². The van der Waals surface area contributed by atoms with Gasteiger partial charge < -0.3 is 10.6 Å². The maximum Gasteiger partial charge on any atom is 0.0509 e. The van der Waals surface area contributed by atoms with E-state index in [0.717, 1.165) is 22.6 Å². The van der Waals surface area contributed by atoms with Gasteiger partial charge in [0.25, 0.3) is 0 Å². The lowest BCUT2D eigenvalue weighted by molar-refractivity contribution is 0.817. The van der Waals surface area contributed by atoms with Crippen LogP contribution in [0.25, 0.3) is 44.2 Å². The standard InChI is InChI=1S/C36H28N2/c1-24(37)28-12-7-8-17-35(28)38(26-10-3-2-4-11-26)27-20-18-25(19-21-27)29-22-23-34-31-14-6-5-13-30(31)33-16-9-15-32(29)36(33)34/h2-24H,37H2,1H3. The van der Waals surface area contributed by atoms with Gasteiger partial charge in [0.15, 0.2) is 0 Å². The van der Waals surface area contributed by atoms with E-state index in [2.05, 4.69) is 138 Å². The summed E-state index contributed by atoms with van der Waals surface area (Å²) in [7, 11) is 0. The molecule has 1 unspecified atom stereocenters. The Morgan fingerprint density at radius 3 is 1.82 bits per heavy atom. The Morgan fingerprint density at radius 1 is 0.500 bits per heavy atom. The van der Waals surface area contributed by atoms with Gasteiger partial charge >= 0.3 is 0 Å². The smallest absolute Gasteiger partial charge is 0.0509 e. The Bertz CT molecular complexity index is 1750. The van der Waals surface area contributed by atoms with Gasteiger partial charge in [-0.05, 0) is 87.0 Å². The summed E-state index contributed by atoms with van der Waals surface area (Å²) in [6.45, 7) is 2.04. The first kappa shape index (κ1) is 22.5. The summed E-state index contributed by atoms with van der Waals surface area (Å²) < 4.78 is 0. The fraction of sp³-hybridized carbons (Fsp3) is 0.0556. The van der Waals surface area contributed by atoms with Crippen LogP contribution in [0.3, 0.4) is 0 Å². The fourth-order valence-electron chi connectivity index (χ4n) is 5.93. The average molecular weight is 489 g/mol. The number of nitrogens with zero attached hydrogens (tertiary/aromatic N) is 1. The molecular weight excluding hydrogens is 460 g/mol. The van der Waals surface area contributed by atoms with Crippen molar-refractivity contribution in [2.75, 3.05) is 4.90 Å². The quantitative estimate of drug-likeness (QED) is 0.261. The number of hydrogen-bond acceptors (Lipinski definition) is 2. The molecule has 1 atom stereocenters. The molecule has 1 aliphatic carbocycles. The van der Waals surface area contributed by atoms with Gasteiger partial charge in [-0.3, -0.25) is 0 Å². The van der Waals surface area contributed by atoms with Crippen LogP contribution in [-0.2, 0) is 0 Å². The highest BCUT2D eigenvalue weighted by molar-refractivity contribution is 6.18. The Balaban J connectivity index is 1.35. The zero-order chi connectivity index (χ0) is 25.6. The molecule has 0 spiro atoms. The molecule has 1 aliphatic rings. The Labute approximate surface area is 223 Å². The van der Waals surface area contributed by atoms with E-state index in [0.29, 0.717) is 0 Å². The zero-order valence-corrected chi connectivity index (χ0v) is 21.3. The van der Waals surface area contributed by atoms with Crippen LogP contribution in [0.4, 0.5) is 17.1 Å². The summed E-state index contributed by atoms with van der Waals surface area (Å²) in [6, 6.07) is 47.7. The molecule has 7 rings (SSSR count). The first-order valence-electron chi connectivity index (χ1n) is 13.2. The normalized spacial score (nSPS) is 12.4. The molecular formula is C36H28N2. The third kappa shape index (κ3) is 3.53. The van der Waals surface area contributed by atoms with Gasteiger partial charge in [-0.1, -0.05) is 103 Å². The second kappa shape index (κ2) is 9.02. The minimum absolute atomic E-state index is 0.0747. The maximum absolute atomic E-state index is 6.40. The molecule has 0 bridgehead atoms. The summed E-state index contributed by atoms with van der Waals surface area (Å²) in [6.07, 6.45) is 0. The van der Waals surface area contributed by atoms with Crippen LogP contribution in [0.5, 0.6) is 0 Å². The maximum atomic E-state index is 6.40. The van der Waals surface area contributed by atoms with Crippen molar-refractivity contribution in [2.45, 2.75) is 13.0 Å². The highest BCUT2D eigenvalue weighted by Crippen LogP contribution is 2.49. The Kier molecular flexibility index (Phi) is 5.35. The summed E-state index contributed by atoms with van der Waals surface area (Å²) in [5.74, 6) is 0. The van der Waals surface area contributed by atoms with Crippen LogP contribution in [-0.4, -0.2) is 0 Å². The van der Waals surface area contributed by atoms with Crippen LogP contribution in [0.1, 0.15) is 18.5 Å². The van der Waals surface area contributed by atoms with Crippen LogP contribution >= 0.6 is 0 Å². The topological polar surface area (TPSA) is 29.3 Å². The third-order valence-corrected chi connectivity index (χ3v) is 7.67. The van der Waals surface area contributed by atoms with E-state index in [-0.39, 0.29) is 6.04 Å². The molecule has 2 heteroatoms. The second-order valence-electron chi connectivity index (χ2n) is 10.00. The van der Waals surface area contributed by atoms with Crippen molar-refractivity contribution in [3.63, 3.8) is 0 Å². The molecule has 0 aromatic heterocycles. The number of para-hydroxylation sites is 2. The molecule has 6 aromatic rings. The largest absolute Gasteiger partial charge is 0.324 e. The van der Waals surface area contributed by atoms with Crippen molar-refractivity contribution >= 4 is 27.8 Å². The number of rotatable bonds is 5. The highest BCUT2D eigenvalue weighted by Gasteiger charge is 2.22. The molecule has 0 radical (unpaired) electrons. The van der Waals surface area contributed by atoms with Crippen LogP contribution in [0.15, 0.2) is 133 Å². The van der Waals surface area contributed by atoms with Gasteiger partial charge in [0, 0.05) is 17.4 Å². The summed E-state index contributed by atoms with van der Waals surface area (Å²) in [5.41, 5.74) is 18.6. The SMILES string of the molecule is CC(N)c1ccccc1N(c1ccccc1)c1ccc(-c2ccc3c4c(cccc24)-c2ccccc2-3)cc1. The number of fused-ring (bicyclic) bond motifs is 3. The van der Waals surface area contributed by atoms with Crippen LogP contribution < -0.4 is 10.6 Å². The van der Waals surface area contributed by atoms with Gasteiger partial charge in [-0.15, -0.1) is 0 Å². The predicted octanol–water partition coefficient (Wildman–Crippen LogP) is 9.64. The van der Waals surface area contributed by atoms with Crippen molar-refractivity contribution in [1.29, 1.82) is 0 Å². The van der Waals surface area contributed by atoms with E-state index in [1.54, 1.807) is 0 Å². The molecule has 0 amide bonds. The molecule has 0 aliphatic heterocycles. The monoisotopic (exact) mass is 488 g/mol. The van der Waals surface area contributed by atoms with E-state index in [1.165, 1.54) is 44.2 Å². The molecule has 6 aromatic carbocycles. The van der Waals surface area contributed by atoms with E-state index < -0.39 is 0 Å². The van der Waals surface area contributed by atoms with Gasteiger partial charge in [0.05, 0.1) is 5.69 Å². The van der Waals surface area contributed by atoms with E-state index in [1.807, 2.05) is 6.92 Å². The van der Waals surface area contributed by atoms with Gasteiger partial charge in [-0.25, -0.2) is 0 Å². The minimum Gasteiger partial charge on any atom is -0.324 e. The first-order chi connectivity index (χ1) is 18.7. The third-order valence-electron chi connectivity index (χ3n) is 7.67. The summed E-state index contributed by atoms with van der Waals surface area (Å²) in [4.78, 5) is 2.30. The molecule has 0 heterocycles. The highest BCUT2D eigenvalue weighted by atomic mass is 15.1. The lowest BCUT2D eigenvalue weighted by atomic mass is 9.94. The van der Waals surface area contributed by atoms with Crippen molar-refractivity contribution in [3.05, 3.63) is 139 Å². The van der Waals surface area contributed by atoms with E-state index in [9.17, 15) is 0 Å². The lowest BCUT2D eigenvalue weighted by Crippen LogP contribution is -2.15. The van der Waals surface area contributed by atoms with E-state index in [4.69, 9.17) is 5.73 Å². The summed E-state index contributed by atoms with van der Waals surface area (Å²) in [5, 5.41) is 2.65. The second-order valence-corrected chi connectivity index (χ2v) is 10.00. The fourth-order valence-corrected chi connectivity index (χ4v) is 5.93. The molecule has 0 saturated carbocycles.